The number of carbonyl (C=O) groups excluding carboxylic acids is 1. The number of fused-ring (bicyclic) bond motifs is 8. The van der Waals surface area contributed by atoms with Crippen LogP contribution in [0.15, 0.2) is 64.2 Å². The molecule has 0 aromatic heterocycles. The minimum Gasteiger partial charge on any atom is -0.478 e. The summed E-state index contributed by atoms with van der Waals surface area (Å²) in [7, 11) is 2.98. The van der Waals surface area contributed by atoms with Crippen LogP contribution in [0.5, 0.6) is 0 Å². The molecule has 348 valence electrons. The SMILES string of the molecule is C=CC1C(OC2OC(CO)C(O)C(O)(O)C2OC(C)C)OC=C2C(=O)OC3CCC(CO)C3CSSC3CC#CC(=CC4=C(NC(N)=NCCCO)C(C(=O)O)=CN(C4)C3CO)C21. The molecular formula is C42H58N4O15S2. The van der Waals surface area contributed by atoms with Crippen molar-refractivity contribution in [1.82, 2.24) is 10.2 Å². The summed E-state index contributed by atoms with van der Waals surface area (Å²) in [5.41, 5.74) is 6.74. The van der Waals surface area contributed by atoms with Gasteiger partial charge in [-0.2, -0.15) is 0 Å². The number of nitrogens with zero attached hydrogens (tertiary/aromatic N) is 2. The lowest BCUT2D eigenvalue weighted by molar-refractivity contribution is -0.413. The highest BCUT2D eigenvalue weighted by Gasteiger charge is 2.58. The maximum atomic E-state index is 14.6. The molecule has 1 saturated heterocycles. The number of ether oxygens (including phenoxy) is 5. The second-order valence-corrected chi connectivity index (χ2v) is 19.0. The molecule has 0 spiro atoms. The Balaban J connectivity index is 1.54. The van der Waals surface area contributed by atoms with E-state index in [-0.39, 0.29) is 84.8 Å². The van der Waals surface area contributed by atoms with E-state index in [2.05, 4.69) is 28.7 Å². The molecule has 0 aromatic carbocycles. The van der Waals surface area contributed by atoms with Crippen LogP contribution in [-0.4, -0.2) is 169 Å². The van der Waals surface area contributed by atoms with Gasteiger partial charge >= 0.3 is 11.9 Å². The summed E-state index contributed by atoms with van der Waals surface area (Å²) in [5, 5.41) is 86.9. The number of carboxylic acids is 1. The van der Waals surface area contributed by atoms with Crippen LogP contribution in [-0.2, 0) is 33.3 Å². The smallest absolute Gasteiger partial charge is 0.339 e. The summed E-state index contributed by atoms with van der Waals surface area (Å²) in [6, 6.07) is -0.618. The Labute approximate surface area is 373 Å². The Hall–Kier alpha value is -3.63. The monoisotopic (exact) mass is 922 g/mol. The fourth-order valence-electron chi connectivity index (χ4n) is 8.64. The van der Waals surface area contributed by atoms with Gasteiger partial charge in [-0.15, -0.1) is 6.58 Å². The van der Waals surface area contributed by atoms with Crippen molar-refractivity contribution in [2.24, 2.45) is 34.4 Å². The number of hydrogen-bond acceptors (Lipinski definition) is 18. The first-order valence-corrected chi connectivity index (χ1v) is 23.3. The van der Waals surface area contributed by atoms with Gasteiger partial charge in [-0.25, -0.2) is 9.59 Å². The van der Waals surface area contributed by atoms with Crippen molar-refractivity contribution in [3.8, 4) is 11.8 Å². The molecule has 19 nitrogen and oxygen atoms in total. The standard InChI is InChI=1S/C42H58N4O15S2/c1-4-25-33-22-7-5-8-32(29(17-49)46-14-24(13-22)34(26(15-46)37(52)53)45-41(43)44-11-6-12-47)63-62-20-28-23(16-48)9-10-30(28)59-38(54)27(33)19-57-39(25)61-40-36(58-21(2)3)42(55,56)35(51)31(18-50)60-40/h4,13,15,19,21,23,25,28-33,35-36,39-40,47-51,55-56H,1,6,8-12,14,16-18,20H2,2-3H3,(H,52,53)(H3,43,44,45). The van der Waals surface area contributed by atoms with Crippen LogP contribution in [0.3, 0.4) is 0 Å². The summed E-state index contributed by atoms with van der Waals surface area (Å²) >= 11 is 0. The number of guanidine groups is 1. The molecule has 5 aliphatic heterocycles. The fourth-order valence-corrected chi connectivity index (χ4v) is 11.9. The second-order valence-electron chi connectivity index (χ2n) is 16.4. The van der Waals surface area contributed by atoms with E-state index in [1.165, 1.54) is 33.9 Å². The van der Waals surface area contributed by atoms with Gasteiger partial charge in [0.25, 0.3) is 0 Å². The molecule has 63 heavy (non-hydrogen) atoms. The van der Waals surface area contributed by atoms with E-state index in [1.807, 2.05) is 0 Å². The quantitative estimate of drug-likeness (QED) is 0.0162. The summed E-state index contributed by atoms with van der Waals surface area (Å²) in [5.74, 6) is -0.702. The average Bonchev–Trinajstić information content (AvgIpc) is 3.63. The number of aliphatic hydroxyl groups is 7. The van der Waals surface area contributed by atoms with Crippen LogP contribution in [0.25, 0.3) is 0 Å². The van der Waals surface area contributed by atoms with Gasteiger partial charge in [0.05, 0.1) is 54.4 Å². The van der Waals surface area contributed by atoms with Crippen LogP contribution >= 0.6 is 21.6 Å². The van der Waals surface area contributed by atoms with Gasteiger partial charge in [0, 0.05) is 67.3 Å². The minimum atomic E-state index is -2.97. The molecular weight excluding hydrogens is 865 g/mol. The highest BCUT2D eigenvalue weighted by atomic mass is 33.1. The van der Waals surface area contributed by atoms with Crippen molar-refractivity contribution >= 4 is 39.5 Å². The Morgan fingerprint density at radius 3 is 2.63 bits per heavy atom. The average molecular weight is 923 g/mol. The molecule has 12 atom stereocenters. The van der Waals surface area contributed by atoms with Crippen molar-refractivity contribution < 1.29 is 74.1 Å². The maximum Gasteiger partial charge on any atom is 0.339 e. The van der Waals surface area contributed by atoms with E-state index in [9.17, 15) is 50.4 Å². The summed E-state index contributed by atoms with van der Waals surface area (Å²) in [4.78, 5) is 33.6. The van der Waals surface area contributed by atoms with Crippen molar-refractivity contribution in [1.29, 1.82) is 0 Å². The zero-order valence-corrected chi connectivity index (χ0v) is 36.7. The molecule has 4 bridgehead atoms. The number of nitrogens with one attached hydrogen (secondary N) is 1. The number of allylic oxidation sites excluding steroid dienone is 1. The van der Waals surface area contributed by atoms with E-state index >= 15 is 0 Å². The van der Waals surface area contributed by atoms with E-state index < -0.39 is 85.3 Å². The summed E-state index contributed by atoms with van der Waals surface area (Å²) < 4.78 is 30.4. The number of nitrogens with two attached hydrogens (primary N) is 1. The molecule has 1 saturated carbocycles. The van der Waals surface area contributed by atoms with Gasteiger partial charge in [-0.1, -0.05) is 39.5 Å². The van der Waals surface area contributed by atoms with Crippen LogP contribution in [0, 0.1) is 35.5 Å². The first-order chi connectivity index (χ1) is 30.2. The molecule has 0 radical (unpaired) electrons. The van der Waals surface area contributed by atoms with Gasteiger partial charge in [0.1, 0.15) is 18.3 Å². The third kappa shape index (κ3) is 10.7. The Morgan fingerprint density at radius 1 is 1.19 bits per heavy atom. The number of carboxylic acid groups (broad SMARTS) is 1. The number of rotatable bonds is 13. The minimum absolute atomic E-state index is 0.00357. The number of aliphatic hydroxyl groups excluding tert-OH is 5. The molecule has 21 heteroatoms. The molecule has 6 rings (SSSR count). The number of aliphatic imine (C=N–C) groups is 1. The summed E-state index contributed by atoms with van der Waals surface area (Å²) in [6.45, 7) is 6.05. The van der Waals surface area contributed by atoms with E-state index in [0.29, 0.717) is 30.6 Å². The van der Waals surface area contributed by atoms with Crippen LogP contribution in [0.2, 0.25) is 0 Å². The number of aliphatic carboxylic acids is 1. The second kappa shape index (κ2) is 21.6. The lowest BCUT2D eigenvalue weighted by atomic mass is 9.77. The molecule has 0 aromatic rings. The number of carbonyl (C=O) groups is 2. The zero-order chi connectivity index (χ0) is 45.6. The van der Waals surface area contributed by atoms with Gasteiger partial charge in [0.2, 0.25) is 12.1 Å². The van der Waals surface area contributed by atoms with Gasteiger partial charge in [0.15, 0.2) is 18.4 Å². The topological polar surface area (TPSA) is 296 Å². The van der Waals surface area contributed by atoms with Gasteiger partial charge in [-0.3, -0.25) is 4.99 Å². The first-order valence-electron chi connectivity index (χ1n) is 20.9. The summed E-state index contributed by atoms with van der Waals surface area (Å²) in [6.07, 6.45) is -2.27. The lowest BCUT2D eigenvalue weighted by Gasteiger charge is -2.48. The highest BCUT2D eigenvalue weighted by Crippen LogP contribution is 2.46. The molecule has 6 aliphatic rings. The first kappa shape index (κ1) is 48.8. The Morgan fingerprint density at radius 2 is 1.97 bits per heavy atom. The molecule has 2 fully saturated rings. The maximum absolute atomic E-state index is 14.6. The van der Waals surface area contributed by atoms with E-state index in [4.69, 9.17) is 29.4 Å². The predicted molar refractivity (Wildman–Crippen MR) is 229 cm³/mol. The Kier molecular flexibility index (Phi) is 16.7. The molecule has 0 amide bonds. The van der Waals surface area contributed by atoms with Gasteiger partial charge in [-0.05, 0) is 50.7 Å². The third-order valence-electron chi connectivity index (χ3n) is 11.9. The largest absolute Gasteiger partial charge is 0.478 e. The van der Waals surface area contributed by atoms with Crippen LogP contribution in [0.4, 0.5) is 0 Å². The number of esters is 1. The fraction of sp³-hybridized carbons (Fsp3) is 0.643. The molecule has 11 N–H and O–H groups in total. The zero-order valence-electron chi connectivity index (χ0n) is 35.0. The van der Waals surface area contributed by atoms with E-state index in [1.54, 1.807) is 24.8 Å². The Bertz CT molecular complexity index is 1910. The lowest BCUT2D eigenvalue weighted by Crippen LogP contribution is -2.69. The number of hydrogen-bond donors (Lipinski definition) is 10. The molecule has 5 heterocycles. The predicted octanol–water partition coefficient (Wildman–Crippen LogP) is -0.573. The van der Waals surface area contributed by atoms with Crippen molar-refractivity contribution in [3.63, 3.8) is 0 Å². The molecule has 1 aliphatic carbocycles. The van der Waals surface area contributed by atoms with Crippen LogP contribution in [0.1, 0.15) is 39.5 Å². The normalized spacial score (nSPS) is 34.6. The van der Waals surface area contributed by atoms with E-state index in [0.717, 1.165) is 6.26 Å². The highest BCUT2D eigenvalue weighted by molar-refractivity contribution is 8.77. The van der Waals surface area contributed by atoms with Gasteiger partial charge < -0.3 is 80.5 Å². The van der Waals surface area contributed by atoms with Crippen molar-refractivity contribution in [2.75, 3.05) is 45.3 Å². The van der Waals surface area contributed by atoms with Crippen LogP contribution < -0.4 is 11.1 Å². The van der Waals surface area contributed by atoms with Crippen molar-refractivity contribution in [2.45, 2.75) is 99.7 Å². The molecule has 12 unspecified atom stereocenters. The van der Waals surface area contributed by atoms with Crippen molar-refractivity contribution in [3.05, 3.63) is 59.2 Å². The third-order valence-corrected chi connectivity index (χ3v) is 14.9.